The summed E-state index contributed by atoms with van der Waals surface area (Å²) >= 11 is 1.77. The van der Waals surface area contributed by atoms with Crippen molar-refractivity contribution in [1.82, 2.24) is 0 Å². The SMILES string of the molecule is Cl.O=C(Nc1ccc2c(c1)CCCN2)C1CSc2ccccc21. The van der Waals surface area contributed by atoms with Gasteiger partial charge in [0.25, 0.3) is 0 Å². The van der Waals surface area contributed by atoms with Gasteiger partial charge in [-0.2, -0.15) is 0 Å². The lowest BCUT2D eigenvalue weighted by Gasteiger charge is -2.19. The van der Waals surface area contributed by atoms with E-state index in [0.29, 0.717) is 0 Å². The molecule has 2 aromatic rings. The van der Waals surface area contributed by atoms with Gasteiger partial charge in [-0.1, -0.05) is 18.2 Å². The van der Waals surface area contributed by atoms with E-state index in [1.165, 1.54) is 16.1 Å². The smallest absolute Gasteiger partial charge is 0.232 e. The van der Waals surface area contributed by atoms with Gasteiger partial charge in [0.15, 0.2) is 0 Å². The molecule has 0 saturated heterocycles. The number of rotatable bonds is 2. The third-order valence-corrected chi connectivity index (χ3v) is 5.51. The number of anilines is 2. The Kier molecular flexibility index (Phi) is 4.83. The maximum atomic E-state index is 12.6. The van der Waals surface area contributed by atoms with Crippen LogP contribution in [0.25, 0.3) is 0 Å². The summed E-state index contributed by atoms with van der Waals surface area (Å²) in [7, 11) is 0. The quantitative estimate of drug-likeness (QED) is 0.852. The maximum absolute atomic E-state index is 12.6. The molecule has 0 bridgehead atoms. The van der Waals surface area contributed by atoms with E-state index in [-0.39, 0.29) is 24.2 Å². The Labute approximate surface area is 146 Å². The molecule has 2 aliphatic rings. The molecule has 0 fully saturated rings. The van der Waals surface area contributed by atoms with Crippen molar-refractivity contribution >= 4 is 41.5 Å². The second-order valence-corrected chi connectivity index (χ2v) is 6.85. The summed E-state index contributed by atoms with van der Waals surface area (Å²) in [6, 6.07) is 14.4. The number of benzene rings is 2. The summed E-state index contributed by atoms with van der Waals surface area (Å²) in [4.78, 5) is 13.8. The fourth-order valence-corrected chi connectivity index (χ4v) is 4.39. The monoisotopic (exact) mass is 346 g/mol. The molecule has 0 radical (unpaired) electrons. The first-order valence-electron chi connectivity index (χ1n) is 7.71. The molecule has 2 aliphatic heterocycles. The molecular weight excluding hydrogens is 328 g/mol. The third-order valence-electron chi connectivity index (χ3n) is 4.33. The molecule has 0 saturated carbocycles. The predicted molar refractivity (Wildman–Crippen MR) is 99.0 cm³/mol. The fourth-order valence-electron chi connectivity index (χ4n) is 3.16. The summed E-state index contributed by atoms with van der Waals surface area (Å²) in [6.07, 6.45) is 2.23. The van der Waals surface area contributed by atoms with Gasteiger partial charge in [0, 0.05) is 28.6 Å². The number of aryl methyl sites for hydroxylation is 1. The molecule has 0 aliphatic carbocycles. The summed E-state index contributed by atoms with van der Waals surface area (Å²) < 4.78 is 0. The minimum Gasteiger partial charge on any atom is -0.385 e. The molecule has 2 aromatic carbocycles. The van der Waals surface area contributed by atoms with Crippen LogP contribution in [-0.4, -0.2) is 18.2 Å². The van der Waals surface area contributed by atoms with Gasteiger partial charge in [0.2, 0.25) is 5.91 Å². The van der Waals surface area contributed by atoms with Gasteiger partial charge in [0.05, 0.1) is 5.92 Å². The minimum atomic E-state index is -0.0460. The lowest BCUT2D eigenvalue weighted by Crippen LogP contribution is -2.21. The van der Waals surface area contributed by atoms with Crippen LogP contribution < -0.4 is 10.6 Å². The Morgan fingerprint density at radius 1 is 1.22 bits per heavy atom. The van der Waals surface area contributed by atoms with E-state index in [2.05, 4.69) is 34.9 Å². The zero-order chi connectivity index (χ0) is 14.9. The van der Waals surface area contributed by atoms with Crippen LogP contribution in [0.3, 0.4) is 0 Å². The van der Waals surface area contributed by atoms with Gasteiger partial charge in [-0.25, -0.2) is 0 Å². The number of hydrogen-bond donors (Lipinski definition) is 2. The van der Waals surface area contributed by atoms with Crippen LogP contribution in [0.5, 0.6) is 0 Å². The highest BCUT2D eigenvalue weighted by Crippen LogP contribution is 2.39. The molecule has 1 atom stereocenters. The van der Waals surface area contributed by atoms with Crippen LogP contribution in [0.1, 0.15) is 23.5 Å². The van der Waals surface area contributed by atoms with Crippen LogP contribution >= 0.6 is 24.2 Å². The second kappa shape index (κ2) is 6.85. The molecule has 3 nitrogen and oxygen atoms in total. The summed E-state index contributed by atoms with van der Waals surface area (Å²) in [6.45, 7) is 1.04. The van der Waals surface area contributed by atoms with Crippen LogP contribution in [0.2, 0.25) is 0 Å². The van der Waals surface area contributed by atoms with Crippen molar-refractivity contribution in [2.24, 2.45) is 0 Å². The number of thioether (sulfide) groups is 1. The van der Waals surface area contributed by atoms with Gasteiger partial charge in [0.1, 0.15) is 0 Å². The van der Waals surface area contributed by atoms with Crippen LogP contribution in [-0.2, 0) is 11.2 Å². The summed E-state index contributed by atoms with van der Waals surface area (Å²) in [5.74, 6) is 0.883. The van der Waals surface area contributed by atoms with Gasteiger partial charge in [-0.05, 0) is 48.2 Å². The van der Waals surface area contributed by atoms with Gasteiger partial charge in [-0.3, -0.25) is 4.79 Å². The zero-order valence-corrected chi connectivity index (χ0v) is 14.3. The van der Waals surface area contributed by atoms with Crippen molar-refractivity contribution in [3.8, 4) is 0 Å². The van der Waals surface area contributed by atoms with Crippen molar-refractivity contribution in [2.75, 3.05) is 22.9 Å². The van der Waals surface area contributed by atoms with Crippen LogP contribution in [0.15, 0.2) is 47.4 Å². The molecule has 1 amide bonds. The molecule has 2 N–H and O–H groups in total. The molecular formula is C18H19ClN2OS. The van der Waals surface area contributed by atoms with E-state index in [4.69, 9.17) is 0 Å². The first-order valence-corrected chi connectivity index (χ1v) is 8.69. The molecule has 2 heterocycles. The maximum Gasteiger partial charge on any atom is 0.232 e. The second-order valence-electron chi connectivity index (χ2n) is 5.79. The number of carbonyl (C=O) groups is 1. The number of amides is 1. The first kappa shape index (κ1) is 16.2. The highest BCUT2D eigenvalue weighted by molar-refractivity contribution is 7.99. The lowest BCUT2D eigenvalue weighted by molar-refractivity contribution is -0.117. The summed E-state index contributed by atoms with van der Waals surface area (Å²) in [5.41, 5.74) is 4.56. The average Bonchev–Trinajstić information content (AvgIpc) is 2.99. The zero-order valence-electron chi connectivity index (χ0n) is 12.7. The highest BCUT2D eigenvalue weighted by atomic mass is 35.5. The fraction of sp³-hybridized carbons (Fsp3) is 0.278. The molecule has 4 rings (SSSR count). The van der Waals surface area contributed by atoms with Gasteiger partial charge >= 0.3 is 0 Å². The van der Waals surface area contributed by atoms with E-state index >= 15 is 0 Å². The van der Waals surface area contributed by atoms with E-state index in [1.54, 1.807) is 11.8 Å². The largest absolute Gasteiger partial charge is 0.385 e. The van der Waals surface area contributed by atoms with Gasteiger partial charge in [-0.15, -0.1) is 24.2 Å². The Morgan fingerprint density at radius 3 is 3.00 bits per heavy atom. The Bertz CT molecular complexity index is 735. The van der Waals surface area contributed by atoms with E-state index < -0.39 is 0 Å². The number of fused-ring (bicyclic) bond motifs is 2. The lowest BCUT2D eigenvalue weighted by atomic mass is 9.99. The summed E-state index contributed by atoms with van der Waals surface area (Å²) in [5, 5.41) is 6.49. The first-order chi connectivity index (χ1) is 10.8. The number of halogens is 1. The number of nitrogens with one attached hydrogen (secondary N) is 2. The predicted octanol–water partition coefficient (Wildman–Crippen LogP) is 4.29. The molecule has 23 heavy (non-hydrogen) atoms. The van der Waals surface area contributed by atoms with Crippen molar-refractivity contribution < 1.29 is 4.79 Å². The molecule has 5 heteroatoms. The van der Waals surface area contributed by atoms with Crippen LogP contribution in [0.4, 0.5) is 11.4 Å². The number of hydrogen-bond acceptors (Lipinski definition) is 3. The third kappa shape index (κ3) is 3.19. The number of carbonyl (C=O) groups excluding carboxylic acids is 1. The average molecular weight is 347 g/mol. The molecule has 120 valence electrons. The van der Waals surface area contributed by atoms with Gasteiger partial charge < -0.3 is 10.6 Å². The Morgan fingerprint density at radius 2 is 2.09 bits per heavy atom. The van der Waals surface area contributed by atoms with E-state index in [1.807, 2.05) is 18.2 Å². The minimum absolute atomic E-state index is 0. The van der Waals surface area contributed by atoms with Crippen LogP contribution in [0, 0.1) is 0 Å². The van der Waals surface area contributed by atoms with Crippen molar-refractivity contribution in [3.63, 3.8) is 0 Å². The van der Waals surface area contributed by atoms with E-state index in [9.17, 15) is 4.79 Å². The van der Waals surface area contributed by atoms with Crippen molar-refractivity contribution in [1.29, 1.82) is 0 Å². The molecule has 0 aromatic heterocycles. The Hall–Kier alpha value is -1.65. The van der Waals surface area contributed by atoms with Crippen molar-refractivity contribution in [3.05, 3.63) is 53.6 Å². The Balaban J connectivity index is 0.00000156. The van der Waals surface area contributed by atoms with E-state index in [0.717, 1.165) is 36.4 Å². The molecule has 1 unspecified atom stereocenters. The molecule has 0 spiro atoms. The van der Waals surface area contributed by atoms with Crippen molar-refractivity contribution in [2.45, 2.75) is 23.7 Å². The highest BCUT2D eigenvalue weighted by Gasteiger charge is 2.29. The normalized spacial score (nSPS) is 18.2. The topological polar surface area (TPSA) is 41.1 Å². The standard InChI is InChI=1S/C18H18N2OS.ClH/c21-18(15-11-22-17-6-2-1-5-14(15)17)20-13-7-8-16-12(10-13)4-3-9-19-16;/h1-2,5-8,10,15,19H,3-4,9,11H2,(H,20,21);1H.